The summed E-state index contributed by atoms with van der Waals surface area (Å²) in [7, 11) is 0. The van der Waals surface area contributed by atoms with E-state index in [1.807, 2.05) is 44.2 Å². The molecule has 2 rings (SSSR count). The third-order valence-electron chi connectivity index (χ3n) is 3.69. The lowest BCUT2D eigenvalue weighted by atomic mass is 9.80. The molecule has 0 heterocycles. The van der Waals surface area contributed by atoms with Crippen LogP contribution in [0.5, 0.6) is 0 Å². The lowest BCUT2D eigenvalue weighted by molar-refractivity contribution is -0.123. The van der Waals surface area contributed by atoms with Crippen LogP contribution in [0.3, 0.4) is 0 Å². The molecule has 0 saturated heterocycles. The largest absolute Gasteiger partial charge is 0.299 e. The fourth-order valence-electron chi connectivity index (χ4n) is 2.52. The number of rotatable bonds is 3. The summed E-state index contributed by atoms with van der Waals surface area (Å²) >= 11 is 0. The molecule has 0 aromatic heterocycles. The van der Waals surface area contributed by atoms with Gasteiger partial charge in [-0.25, -0.2) is 0 Å². The molecule has 100 valence electrons. The highest BCUT2D eigenvalue weighted by Crippen LogP contribution is 2.29. The summed E-state index contributed by atoms with van der Waals surface area (Å²) in [4.78, 5) is 12.1. The Labute approximate surface area is 112 Å². The molecule has 1 saturated carbocycles. The van der Waals surface area contributed by atoms with Crippen molar-refractivity contribution in [2.75, 3.05) is 0 Å². The van der Waals surface area contributed by atoms with Gasteiger partial charge in [0.2, 0.25) is 0 Å². The molecular weight excluding hydrogens is 220 g/mol. The Morgan fingerprint density at radius 1 is 1.06 bits per heavy atom. The molecule has 1 aromatic rings. The lowest BCUT2D eigenvalue weighted by Crippen LogP contribution is -2.22. The van der Waals surface area contributed by atoms with Crippen LogP contribution in [0.25, 0.3) is 0 Å². The summed E-state index contributed by atoms with van der Waals surface area (Å²) in [5, 5.41) is 0. The molecule has 0 aliphatic heterocycles. The van der Waals surface area contributed by atoms with Crippen molar-refractivity contribution in [1.82, 2.24) is 0 Å². The van der Waals surface area contributed by atoms with E-state index in [0.717, 1.165) is 24.3 Å². The van der Waals surface area contributed by atoms with Crippen molar-refractivity contribution < 1.29 is 4.79 Å². The minimum atomic E-state index is 0.330. The summed E-state index contributed by atoms with van der Waals surface area (Å²) in [5.41, 5.74) is 1.16. The quantitative estimate of drug-likeness (QED) is 0.758. The first-order valence-corrected chi connectivity index (χ1v) is 7.32. The van der Waals surface area contributed by atoms with Gasteiger partial charge >= 0.3 is 0 Å². The maximum atomic E-state index is 12.1. The zero-order valence-corrected chi connectivity index (χ0v) is 12.0. The van der Waals surface area contributed by atoms with Gasteiger partial charge in [0.25, 0.3) is 0 Å². The minimum absolute atomic E-state index is 0.330. The Balaban J connectivity index is 0.000000771. The predicted molar refractivity (Wildman–Crippen MR) is 77.6 cm³/mol. The molecule has 0 atom stereocenters. The molecular formula is C17H26O. The molecule has 1 aliphatic carbocycles. The minimum Gasteiger partial charge on any atom is -0.299 e. The lowest BCUT2D eigenvalue weighted by Gasteiger charge is -2.25. The van der Waals surface area contributed by atoms with E-state index in [1.54, 1.807) is 0 Å². The van der Waals surface area contributed by atoms with Crippen LogP contribution in [0, 0.1) is 11.8 Å². The van der Waals surface area contributed by atoms with Crippen molar-refractivity contribution in [3.05, 3.63) is 35.9 Å². The van der Waals surface area contributed by atoms with E-state index >= 15 is 0 Å². The molecule has 0 unspecified atom stereocenters. The summed E-state index contributed by atoms with van der Waals surface area (Å²) < 4.78 is 0. The van der Waals surface area contributed by atoms with Crippen molar-refractivity contribution in [3.8, 4) is 0 Å². The van der Waals surface area contributed by atoms with Gasteiger partial charge in [-0.1, -0.05) is 63.9 Å². The molecule has 0 bridgehead atoms. The van der Waals surface area contributed by atoms with Gasteiger partial charge in [-0.15, -0.1) is 0 Å². The van der Waals surface area contributed by atoms with Crippen molar-refractivity contribution in [1.29, 1.82) is 0 Å². The number of Topliss-reactive ketones (excluding diaryl/α,β-unsaturated/α-hetero) is 1. The van der Waals surface area contributed by atoms with Gasteiger partial charge in [0.05, 0.1) is 0 Å². The molecule has 18 heavy (non-hydrogen) atoms. The van der Waals surface area contributed by atoms with Crippen LogP contribution in [-0.4, -0.2) is 5.78 Å². The number of benzene rings is 1. The fourth-order valence-corrected chi connectivity index (χ4v) is 2.52. The van der Waals surface area contributed by atoms with E-state index in [9.17, 15) is 4.79 Å². The van der Waals surface area contributed by atoms with Crippen molar-refractivity contribution in [3.63, 3.8) is 0 Å². The molecule has 0 spiro atoms. The van der Waals surface area contributed by atoms with E-state index in [0.29, 0.717) is 18.1 Å². The average Bonchev–Trinajstić information content (AvgIpc) is 2.43. The molecule has 1 nitrogen and oxygen atoms in total. The Morgan fingerprint density at radius 2 is 1.61 bits per heavy atom. The van der Waals surface area contributed by atoms with Crippen molar-refractivity contribution in [2.24, 2.45) is 11.8 Å². The maximum absolute atomic E-state index is 12.1. The molecule has 1 aliphatic rings. The van der Waals surface area contributed by atoms with Gasteiger partial charge in [-0.3, -0.25) is 4.79 Å². The van der Waals surface area contributed by atoms with Crippen LogP contribution in [0.1, 0.15) is 52.0 Å². The molecule has 0 amide bonds. The van der Waals surface area contributed by atoms with Gasteiger partial charge in [0.15, 0.2) is 0 Å². The molecule has 0 N–H and O–H groups in total. The summed E-state index contributed by atoms with van der Waals surface area (Å²) in [6.45, 7) is 6.29. The second-order valence-corrected chi connectivity index (χ2v) is 5.09. The summed E-state index contributed by atoms with van der Waals surface area (Å²) in [6.07, 6.45) is 5.29. The third-order valence-corrected chi connectivity index (χ3v) is 3.69. The SMILES string of the molecule is CC.CC1CCC(C(=O)Cc2ccccc2)CC1. The first-order valence-electron chi connectivity index (χ1n) is 7.32. The van der Waals surface area contributed by atoms with Crippen LogP contribution >= 0.6 is 0 Å². The van der Waals surface area contributed by atoms with Gasteiger partial charge in [0, 0.05) is 12.3 Å². The smallest absolute Gasteiger partial charge is 0.140 e. The number of carbonyl (C=O) groups is 1. The molecule has 1 aromatic carbocycles. The van der Waals surface area contributed by atoms with E-state index in [-0.39, 0.29) is 0 Å². The zero-order chi connectivity index (χ0) is 13.4. The first kappa shape index (κ1) is 14.9. The van der Waals surface area contributed by atoms with Crippen molar-refractivity contribution in [2.45, 2.75) is 52.9 Å². The first-order chi connectivity index (χ1) is 8.75. The Bertz CT molecular complexity index is 334. The van der Waals surface area contributed by atoms with Gasteiger partial charge < -0.3 is 0 Å². The highest BCUT2D eigenvalue weighted by molar-refractivity contribution is 5.83. The van der Waals surface area contributed by atoms with E-state index in [4.69, 9.17) is 0 Å². The Morgan fingerprint density at radius 3 is 2.17 bits per heavy atom. The van der Waals surface area contributed by atoms with E-state index in [1.165, 1.54) is 12.8 Å². The molecule has 1 fully saturated rings. The van der Waals surface area contributed by atoms with Crippen LogP contribution in [0.4, 0.5) is 0 Å². The monoisotopic (exact) mass is 246 g/mol. The molecule has 1 heteroatoms. The van der Waals surface area contributed by atoms with Gasteiger partial charge in [0.1, 0.15) is 5.78 Å². The zero-order valence-electron chi connectivity index (χ0n) is 12.0. The Kier molecular flexibility index (Phi) is 6.70. The highest BCUT2D eigenvalue weighted by atomic mass is 16.1. The topological polar surface area (TPSA) is 17.1 Å². The second kappa shape index (κ2) is 8.07. The average molecular weight is 246 g/mol. The van der Waals surface area contributed by atoms with E-state index < -0.39 is 0 Å². The Hall–Kier alpha value is -1.11. The fraction of sp³-hybridized carbons (Fsp3) is 0.588. The van der Waals surface area contributed by atoms with E-state index in [2.05, 4.69) is 6.92 Å². The van der Waals surface area contributed by atoms with Gasteiger partial charge in [-0.05, 0) is 24.3 Å². The third kappa shape index (κ3) is 4.64. The van der Waals surface area contributed by atoms with Crippen LogP contribution in [-0.2, 0) is 11.2 Å². The van der Waals surface area contributed by atoms with Crippen LogP contribution < -0.4 is 0 Å². The van der Waals surface area contributed by atoms with Crippen molar-refractivity contribution >= 4 is 5.78 Å². The normalized spacial score (nSPS) is 22.8. The number of hydrogen-bond acceptors (Lipinski definition) is 1. The molecule has 0 radical (unpaired) electrons. The summed E-state index contributed by atoms with van der Waals surface area (Å²) in [5.74, 6) is 1.59. The van der Waals surface area contributed by atoms with Gasteiger partial charge in [-0.2, -0.15) is 0 Å². The summed E-state index contributed by atoms with van der Waals surface area (Å²) in [6, 6.07) is 10.1. The highest BCUT2D eigenvalue weighted by Gasteiger charge is 2.23. The predicted octanol–water partition coefficient (Wildman–Crippen LogP) is 4.65. The van der Waals surface area contributed by atoms with Crippen LogP contribution in [0.15, 0.2) is 30.3 Å². The second-order valence-electron chi connectivity index (χ2n) is 5.09. The van der Waals surface area contributed by atoms with Crippen LogP contribution in [0.2, 0.25) is 0 Å². The number of carbonyl (C=O) groups excluding carboxylic acids is 1. The number of ketones is 1. The maximum Gasteiger partial charge on any atom is 0.140 e. The standard InChI is InChI=1S/C15H20O.C2H6/c1-12-7-9-14(10-8-12)15(16)11-13-5-3-2-4-6-13;1-2/h2-6,12,14H,7-11H2,1H3;1-2H3. The number of hydrogen-bond donors (Lipinski definition) is 0.